The average molecular weight is 432 g/mol. The number of carbonyl (C=O) groups is 1. The summed E-state index contributed by atoms with van der Waals surface area (Å²) in [6, 6.07) is 9.78. The fourth-order valence-corrected chi connectivity index (χ4v) is 5.15. The molecule has 1 aliphatic carbocycles. The summed E-state index contributed by atoms with van der Waals surface area (Å²) in [5.74, 6) is 1.80. The highest BCUT2D eigenvalue weighted by molar-refractivity contribution is 8.00. The van der Waals surface area contributed by atoms with Crippen molar-refractivity contribution >= 4 is 29.3 Å². The van der Waals surface area contributed by atoms with Gasteiger partial charge in [0.1, 0.15) is 22.6 Å². The van der Waals surface area contributed by atoms with E-state index in [1.165, 1.54) is 11.8 Å². The molecule has 0 bridgehead atoms. The van der Waals surface area contributed by atoms with Gasteiger partial charge in [-0.2, -0.15) is 5.26 Å². The normalized spacial score (nSPS) is 16.6. The van der Waals surface area contributed by atoms with Crippen molar-refractivity contribution in [3.8, 4) is 17.4 Å². The maximum absolute atomic E-state index is 12.6. The van der Waals surface area contributed by atoms with E-state index in [1.807, 2.05) is 35.2 Å². The molecule has 4 heterocycles. The molecule has 0 radical (unpaired) electrons. The number of fused-ring (bicyclic) bond motifs is 1. The van der Waals surface area contributed by atoms with Crippen molar-refractivity contribution in [1.29, 1.82) is 5.26 Å². The third-order valence-electron chi connectivity index (χ3n) is 5.74. The highest BCUT2D eigenvalue weighted by atomic mass is 32.2. The summed E-state index contributed by atoms with van der Waals surface area (Å²) in [7, 11) is 0. The van der Waals surface area contributed by atoms with Crippen molar-refractivity contribution in [2.24, 2.45) is 0 Å². The zero-order chi connectivity index (χ0) is 21.2. The molecule has 156 valence electrons. The van der Waals surface area contributed by atoms with Gasteiger partial charge in [0, 0.05) is 18.7 Å². The first kappa shape index (κ1) is 19.7. The highest BCUT2D eigenvalue weighted by Crippen LogP contribution is 2.43. The first-order valence-corrected chi connectivity index (χ1v) is 11.4. The van der Waals surface area contributed by atoms with Crippen molar-refractivity contribution in [2.45, 2.75) is 30.7 Å². The van der Waals surface area contributed by atoms with Crippen LogP contribution in [0.1, 0.15) is 41.8 Å². The van der Waals surface area contributed by atoms with E-state index in [4.69, 9.17) is 13.8 Å². The smallest absolute Gasteiger partial charge is 0.232 e. The van der Waals surface area contributed by atoms with Crippen LogP contribution in [0, 0.1) is 11.3 Å². The van der Waals surface area contributed by atoms with Crippen LogP contribution in [0.15, 0.2) is 50.7 Å². The van der Waals surface area contributed by atoms with Gasteiger partial charge in [-0.3, -0.25) is 4.79 Å². The number of amides is 1. The maximum atomic E-state index is 12.6. The summed E-state index contributed by atoms with van der Waals surface area (Å²) in [5.41, 5.74) is 4.20. The number of nitriles is 1. The minimum absolute atomic E-state index is 0.0968. The van der Waals surface area contributed by atoms with E-state index >= 15 is 0 Å². The van der Waals surface area contributed by atoms with Crippen LogP contribution in [0.5, 0.6) is 0 Å². The third-order valence-corrected chi connectivity index (χ3v) is 6.70. The Balaban J connectivity index is 1.57. The van der Waals surface area contributed by atoms with Crippen LogP contribution in [-0.2, 0) is 11.2 Å². The fourth-order valence-electron chi connectivity index (χ4n) is 4.26. The topological polar surface area (TPSA) is 83.3 Å². The zero-order valence-electron chi connectivity index (χ0n) is 17.0. The van der Waals surface area contributed by atoms with Gasteiger partial charge in [0.15, 0.2) is 0 Å². The van der Waals surface area contributed by atoms with E-state index in [9.17, 15) is 10.1 Å². The van der Waals surface area contributed by atoms with Crippen molar-refractivity contribution < 1.29 is 13.6 Å². The van der Waals surface area contributed by atoms with Gasteiger partial charge >= 0.3 is 0 Å². The van der Waals surface area contributed by atoms with Gasteiger partial charge in [0.25, 0.3) is 0 Å². The lowest BCUT2D eigenvalue weighted by Crippen LogP contribution is -2.29. The van der Waals surface area contributed by atoms with Gasteiger partial charge in [0.2, 0.25) is 5.91 Å². The lowest BCUT2D eigenvalue weighted by Gasteiger charge is -2.16. The highest BCUT2D eigenvalue weighted by Gasteiger charge is 2.29. The number of hydrogen-bond acceptors (Lipinski definition) is 6. The number of furan rings is 2. The minimum atomic E-state index is 0.0968. The number of nitrogens with zero attached hydrogens (tertiary/aromatic N) is 3. The fraction of sp³-hybridized carbons (Fsp3) is 0.292. The number of aromatic nitrogens is 1. The third kappa shape index (κ3) is 3.79. The van der Waals surface area contributed by atoms with Crippen molar-refractivity contribution in [2.75, 3.05) is 18.8 Å². The zero-order valence-corrected chi connectivity index (χ0v) is 17.8. The van der Waals surface area contributed by atoms with Gasteiger partial charge in [-0.25, -0.2) is 4.98 Å². The Morgan fingerprint density at radius 1 is 1.19 bits per heavy atom. The van der Waals surface area contributed by atoms with Gasteiger partial charge in [-0.05, 0) is 67.2 Å². The minimum Gasteiger partial charge on any atom is -0.465 e. The molecule has 3 aromatic rings. The lowest BCUT2D eigenvalue weighted by atomic mass is 10.00. The number of allylic oxidation sites excluding steroid dienone is 1. The molecule has 0 saturated carbocycles. The lowest BCUT2D eigenvalue weighted by molar-refractivity contribution is -0.127. The van der Waals surface area contributed by atoms with E-state index in [-0.39, 0.29) is 11.7 Å². The molecule has 5 rings (SSSR count). The number of carbonyl (C=O) groups excluding carboxylic acids is 1. The van der Waals surface area contributed by atoms with E-state index in [0.29, 0.717) is 16.3 Å². The molecule has 1 saturated heterocycles. The predicted octanol–water partition coefficient (Wildman–Crippen LogP) is 5.01. The molecule has 1 fully saturated rings. The van der Waals surface area contributed by atoms with Crippen molar-refractivity contribution in [3.63, 3.8) is 0 Å². The molecule has 31 heavy (non-hydrogen) atoms. The molecule has 1 aliphatic heterocycles. The molecular formula is C24H21N3O3S. The van der Waals surface area contributed by atoms with E-state index in [1.54, 1.807) is 12.5 Å². The van der Waals surface area contributed by atoms with Crippen LogP contribution >= 0.6 is 11.8 Å². The quantitative estimate of drug-likeness (QED) is 0.528. The Labute approximate surface area is 184 Å². The first-order valence-electron chi connectivity index (χ1n) is 10.4. The van der Waals surface area contributed by atoms with E-state index in [0.717, 1.165) is 66.9 Å². The number of likely N-dealkylation sites (tertiary alicyclic amines) is 1. The average Bonchev–Trinajstić information content (AvgIpc) is 3.59. The molecule has 6 nitrogen and oxygen atoms in total. The summed E-state index contributed by atoms with van der Waals surface area (Å²) < 4.78 is 11.2. The van der Waals surface area contributed by atoms with Crippen LogP contribution in [-0.4, -0.2) is 34.6 Å². The van der Waals surface area contributed by atoms with Gasteiger partial charge in [0.05, 0.1) is 29.5 Å². The Morgan fingerprint density at radius 3 is 2.71 bits per heavy atom. The second-order valence-corrected chi connectivity index (χ2v) is 8.61. The van der Waals surface area contributed by atoms with Crippen LogP contribution in [0.4, 0.5) is 0 Å². The molecule has 3 aromatic heterocycles. The van der Waals surface area contributed by atoms with E-state index in [2.05, 4.69) is 6.07 Å². The van der Waals surface area contributed by atoms with Crippen molar-refractivity contribution in [1.82, 2.24) is 9.88 Å². The van der Waals surface area contributed by atoms with Gasteiger partial charge < -0.3 is 13.7 Å². The van der Waals surface area contributed by atoms with Crippen LogP contribution in [0.3, 0.4) is 0 Å². The molecule has 0 spiro atoms. The Bertz CT molecular complexity index is 1170. The largest absolute Gasteiger partial charge is 0.465 e. The van der Waals surface area contributed by atoms with Gasteiger partial charge in [-0.1, -0.05) is 11.8 Å². The molecule has 2 aliphatic rings. The molecular weight excluding hydrogens is 410 g/mol. The van der Waals surface area contributed by atoms with Gasteiger partial charge in [-0.15, -0.1) is 0 Å². The molecule has 0 unspecified atom stereocenters. The second-order valence-electron chi connectivity index (χ2n) is 7.64. The number of pyridine rings is 1. The summed E-state index contributed by atoms with van der Waals surface area (Å²) in [5, 5.41) is 10.6. The Kier molecular flexibility index (Phi) is 5.39. The molecule has 0 N–H and O–H groups in total. The molecule has 7 heteroatoms. The Hall–Kier alpha value is -3.24. The van der Waals surface area contributed by atoms with Crippen LogP contribution < -0.4 is 0 Å². The second kappa shape index (κ2) is 8.48. The Morgan fingerprint density at radius 2 is 2.00 bits per heavy atom. The van der Waals surface area contributed by atoms with Crippen LogP contribution in [0.2, 0.25) is 0 Å². The SMILES string of the molecule is N#Cc1c(SCC(=O)N2CCCC2)nc2c(c1-c1ccco1)CC/C2=C\c1ccco1. The summed E-state index contributed by atoms with van der Waals surface area (Å²) in [4.78, 5) is 19.4. The predicted molar refractivity (Wildman–Crippen MR) is 118 cm³/mol. The molecule has 1 amide bonds. The van der Waals surface area contributed by atoms with Crippen LogP contribution in [0.25, 0.3) is 23.0 Å². The number of thioether (sulfide) groups is 1. The monoisotopic (exact) mass is 431 g/mol. The summed E-state index contributed by atoms with van der Waals surface area (Å²) in [6.07, 6.45) is 8.96. The van der Waals surface area contributed by atoms with Crippen molar-refractivity contribution in [3.05, 3.63) is 59.4 Å². The molecule has 0 atom stereocenters. The summed E-state index contributed by atoms with van der Waals surface area (Å²) >= 11 is 1.34. The maximum Gasteiger partial charge on any atom is 0.232 e. The standard InChI is InChI=1S/C24H21N3O3S/c25-14-19-22(20-6-4-12-30-20)18-8-7-16(13-17-5-3-11-29-17)23(18)26-24(19)31-15-21(28)27-9-1-2-10-27/h3-6,11-13H,1-2,7-10,15H2/b16-13+. The molecule has 0 aromatic carbocycles. The first-order chi connectivity index (χ1) is 15.2. The van der Waals surface area contributed by atoms with E-state index < -0.39 is 0 Å². The number of hydrogen-bond donors (Lipinski definition) is 0. The summed E-state index contributed by atoms with van der Waals surface area (Å²) in [6.45, 7) is 1.63. The number of rotatable bonds is 5.